The van der Waals surface area contributed by atoms with Gasteiger partial charge in [-0.2, -0.15) is 0 Å². The van der Waals surface area contributed by atoms with Crippen molar-refractivity contribution in [2.75, 3.05) is 0 Å². The monoisotopic (exact) mass is 298 g/mol. The minimum Gasteiger partial charge on any atom is -0.508 e. The van der Waals surface area contributed by atoms with Gasteiger partial charge in [-0.15, -0.1) is 0 Å². The van der Waals surface area contributed by atoms with E-state index in [0.717, 1.165) is 33.4 Å². The van der Waals surface area contributed by atoms with Crippen LogP contribution in [0.5, 0.6) is 5.75 Å². The molecule has 2 aromatic carbocycles. The van der Waals surface area contributed by atoms with E-state index in [1.54, 1.807) is 18.3 Å². The topological polar surface area (TPSA) is 46.0 Å². The molecular weight excluding hydrogens is 284 g/mol. The predicted molar refractivity (Wildman–Crippen MR) is 92.1 cm³/mol. The molecule has 0 fully saturated rings. The number of phenolic OH excluding ortho intramolecular Hbond substituents is 1. The number of pyridine rings is 2. The quantitative estimate of drug-likeness (QED) is 0.585. The molecule has 0 atom stereocenters. The molecule has 2 aromatic heterocycles. The Hall–Kier alpha value is -3.20. The van der Waals surface area contributed by atoms with E-state index < -0.39 is 0 Å². The van der Waals surface area contributed by atoms with Crippen molar-refractivity contribution < 1.29 is 5.11 Å². The van der Waals surface area contributed by atoms with Gasteiger partial charge in [0, 0.05) is 17.3 Å². The van der Waals surface area contributed by atoms with Crippen molar-refractivity contribution in [2.45, 2.75) is 0 Å². The minimum absolute atomic E-state index is 0.248. The van der Waals surface area contributed by atoms with Gasteiger partial charge in [-0.05, 0) is 48.0 Å². The van der Waals surface area contributed by atoms with Crippen molar-refractivity contribution in [3.8, 4) is 28.1 Å². The Morgan fingerprint density at radius 2 is 1.48 bits per heavy atom. The Morgan fingerprint density at radius 1 is 0.696 bits per heavy atom. The number of rotatable bonds is 2. The second-order valence-corrected chi connectivity index (χ2v) is 5.34. The van der Waals surface area contributed by atoms with Gasteiger partial charge in [0.1, 0.15) is 5.75 Å². The lowest BCUT2D eigenvalue weighted by Gasteiger charge is -2.11. The lowest BCUT2D eigenvalue weighted by Crippen LogP contribution is -1.92. The molecule has 3 nitrogen and oxygen atoms in total. The van der Waals surface area contributed by atoms with Crippen LogP contribution in [0.1, 0.15) is 0 Å². The third-order valence-electron chi connectivity index (χ3n) is 3.81. The van der Waals surface area contributed by atoms with E-state index >= 15 is 0 Å². The van der Waals surface area contributed by atoms with E-state index in [0.29, 0.717) is 0 Å². The first-order chi connectivity index (χ1) is 11.3. The normalized spacial score (nSPS) is 10.8. The molecule has 4 rings (SSSR count). The number of hydrogen-bond acceptors (Lipinski definition) is 3. The van der Waals surface area contributed by atoms with Crippen LogP contribution in [0.2, 0.25) is 0 Å². The molecule has 0 saturated heterocycles. The molecular formula is C20H14N2O. The molecule has 2 heterocycles. The van der Waals surface area contributed by atoms with Crippen molar-refractivity contribution in [3.05, 3.63) is 79.0 Å². The Bertz CT molecular complexity index is 964. The summed E-state index contributed by atoms with van der Waals surface area (Å²) < 4.78 is 0. The highest BCUT2D eigenvalue weighted by Gasteiger charge is 2.11. The molecule has 0 aliphatic carbocycles. The van der Waals surface area contributed by atoms with Crippen molar-refractivity contribution in [1.29, 1.82) is 0 Å². The molecule has 0 aliphatic rings. The molecule has 1 N–H and O–H groups in total. The zero-order chi connectivity index (χ0) is 15.6. The first-order valence-corrected chi connectivity index (χ1v) is 7.42. The van der Waals surface area contributed by atoms with Crippen molar-refractivity contribution >= 4 is 11.0 Å². The fourth-order valence-corrected chi connectivity index (χ4v) is 2.68. The number of aromatic nitrogens is 2. The Labute approximate surface area is 133 Å². The maximum Gasteiger partial charge on any atom is 0.115 e. The van der Waals surface area contributed by atoms with Gasteiger partial charge in [0.05, 0.1) is 16.7 Å². The Kier molecular flexibility index (Phi) is 3.24. The van der Waals surface area contributed by atoms with Crippen LogP contribution in [-0.4, -0.2) is 15.1 Å². The zero-order valence-electron chi connectivity index (χ0n) is 12.3. The summed E-state index contributed by atoms with van der Waals surface area (Å²) in [5.41, 5.74) is 5.70. The fourth-order valence-electron chi connectivity index (χ4n) is 2.68. The standard InChI is InChI=1S/C20H14N2O/c23-16-10-8-15(9-11-16)20-17(14-5-2-1-3-6-14)13-19-18(22-20)7-4-12-21-19/h1-13,23H. The first-order valence-electron chi connectivity index (χ1n) is 7.42. The highest BCUT2D eigenvalue weighted by molar-refractivity contribution is 5.89. The SMILES string of the molecule is Oc1ccc(-c2nc3cccnc3cc2-c2ccccc2)cc1. The molecule has 4 aromatic rings. The van der Waals surface area contributed by atoms with E-state index in [1.165, 1.54) is 0 Å². The van der Waals surface area contributed by atoms with Crippen LogP contribution in [0.15, 0.2) is 79.0 Å². The average Bonchev–Trinajstić information content (AvgIpc) is 2.62. The van der Waals surface area contributed by atoms with Crippen LogP contribution in [0.4, 0.5) is 0 Å². The molecule has 0 radical (unpaired) electrons. The predicted octanol–water partition coefficient (Wildman–Crippen LogP) is 4.67. The Morgan fingerprint density at radius 3 is 2.26 bits per heavy atom. The largest absolute Gasteiger partial charge is 0.508 e. The summed E-state index contributed by atoms with van der Waals surface area (Å²) in [5.74, 6) is 0.248. The van der Waals surface area contributed by atoms with E-state index in [2.05, 4.69) is 23.2 Å². The van der Waals surface area contributed by atoms with Crippen LogP contribution in [0.25, 0.3) is 33.4 Å². The van der Waals surface area contributed by atoms with Crippen molar-refractivity contribution in [2.24, 2.45) is 0 Å². The second kappa shape index (κ2) is 5.54. The smallest absolute Gasteiger partial charge is 0.115 e. The molecule has 0 bridgehead atoms. The maximum atomic E-state index is 9.53. The molecule has 110 valence electrons. The van der Waals surface area contributed by atoms with E-state index in [4.69, 9.17) is 4.98 Å². The highest BCUT2D eigenvalue weighted by Crippen LogP contribution is 2.33. The number of phenols is 1. The average molecular weight is 298 g/mol. The summed E-state index contributed by atoms with van der Waals surface area (Å²) in [6.07, 6.45) is 1.78. The molecule has 0 amide bonds. The van der Waals surface area contributed by atoms with Gasteiger partial charge < -0.3 is 5.11 Å². The van der Waals surface area contributed by atoms with Gasteiger partial charge in [-0.1, -0.05) is 30.3 Å². The van der Waals surface area contributed by atoms with Crippen LogP contribution in [-0.2, 0) is 0 Å². The Balaban J connectivity index is 2.02. The van der Waals surface area contributed by atoms with Gasteiger partial charge in [0.15, 0.2) is 0 Å². The van der Waals surface area contributed by atoms with E-state index in [-0.39, 0.29) is 5.75 Å². The van der Waals surface area contributed by atoms with Gasteiger partial charge in [-0.3, -0.25) is 4.98 Å². The maximum absolute atomic E-state index is 9.53. The highest BCUT2D eigenvalue weighted by atomic mass is 16.3. The molecule has 0 spiro atoms. The van der Waals surface area contributed by atoms with Gasteiger partial charge in [-0.25, -0.2) is 4.98 Å². The fraction of sp³-hybridized carbons (Fsp3) is 0. The number of benzene rings is 2. The number of hydrogen-bond donors (Lipinski definition) is 1. The van der Waals surface area contributed by atoms with Gasteiger partial charge in [0.25, 0.3) is 0 Å². The second-order valence-electron chi connectivity index (χ2n) is 5.34. The van der Waals surface area contributed by atoms with Crippen LogP contribution in [0.3, 0.4) is 0 Å². The molecule has 3 heteroatoms. The minimum atomic E-state index is 0.248. The lowest BCUT2D eigenvalue weighted by atomic mass is 9.98. The summed E-state index contributed by atoms with van der Waals surface area (Å²) in [6, 6.07) is 23.2. The van der Waals surface area contributed by atoms with Crippen LogP contribution < -0.4 is 0 Å². The van der Waals surface area contributed by atoms with Crippen molar-refractivity contribution in [3.63, 3.8) is 0 Å². The van der Waals surface area contributed by atoms with E-state index in [9.17, 15) is 5.11 Å². The number of fused-ring (bicyclic) bond motifs is 1. The zero-order valence-corrected chi connectivity index (χ0v) is 12.3. The van der Waals surface area contributed by atoms with E-state index in [1.807, 2.05) is 42.5 Å². The van der Waals surface area contributed by atoms with Crippen LogP contribution in [0, 0.1) is 0 Å². The third kappa shape index (κ3) is 2.53. The molecule has 0 unspecified atom stereocenters. The first kappa shape index (κ1) is 13.5. The summed E-state index contributed by atoms with van der Waals surface area (Å²) in [6.45, 7) is 0. The van der Waals surface area contributed by atoms with Gasteiger partial charge >= 0.3 is 0 Å². The third-order valence-corrected chi connectivity index (χ3v) is 3.81. The van der Waals surface area contributed by atoms with Crippen molar-refractivity contribution in [1.82, 2.24) is 9.97 Å². The number of nitrogens with zero attached hydrogens (tertiary/aromatic N) is 2. The van der Waals surface area contributed by atoms with Gasteiger partial charge in [0.2, 0.25) is 0 Å². The summed E-state index contributed by atoms with van der Waals surface area (Å²) >= 11 is 0. The van der Waals surface area contributed by atoms with Crippen LogP contribution >= 0.6 is 0 Å². The molecule has 23 heavy (non-hydrogen) atoms. The molecule has 0 saturated carbocycles. The summed E-state index contributed by atoms with van der Waals surface area (Å²) in [7, 11) is 0. The summed E-state index contributed by atoms with van der Waals surface area (Å²) in [5, 5.41) is 9.53. The lowest BCUT2D eigenvalue weighted by molar-refractivity contribution is 0.475. The number of aromatic hydroxyl groups is 1. The summed E-state index contributed by atoms with van der Waals surface area (Å²) in [4.78, 5) is 9.22. The molecule has 0 aliphatic heterocycles.